The highest BCUT2D eigenvalue weighted by molar-refractivity contribution is 7.89. The number of carboxylic acid groups (broad SMARTS) is 1. The second-order valence-corrected chi connectivity index (χ2v) is 6.97. The van der Waals surface area contributed by atoms with Crippen molar-refractivity contribution in [2.24, 2.45) is 0 Å². The van der Waals surface area contributed by atoms with Gasteiger partial charge in [0.2, 0.25) is 10.0 Å². The lowest BCUT2D eigenvalue weighted by Gasteiger charge is -2.21. The van der Waals surface area contributed by atoms with Crippen molar-refractivity contribution in [1.82, 2.24) is 4.31 Å². The van der Waals surface area contributed by atoms with Crippen molar-refractivity contribution in [3.8, 4) is 0 Å². The predicted octanol–water partition coefficient (Wildman–Crippen LogP) is 1.02. The highest BCUT2D eigenvalue weighted by Gasteiger charge is 2.39. The molecule has 1 aromatic carbocycles. The molecule has 1 heterocycles. The van der Waals surface area contributed by atoms with Gasteiger partial charge in [-0.15, -0.1) is 0 Å². The Hall–Kier alpha value is -1.93. The van der Waals surface area contributed by atoms with Crippen molar-refractivity contribution in [3.05, 3.63) is 29.3 Å². The van der Waals surface area contributed by atoms with Crippen LogP contribution in [0.15, 0.2) is 23.1 Å². The van der Waals surface area contributed by atoms with Crippen molar-refractivity contribution in [2.45, 2.75) is 30.7 Å². The maximum Gasteiger partial charge on any atom is 0.338 e. The molecule has 0 saturated carbocycles. The first-order chi connectivity index (χ1) is 10.3. The first-order valence-electron chi connectivity index (χ1n) is 6.72. The van der Waals surface area contributed by atoms with Crippen molar-refractivity contribution in [2.75, 3.05) is 13.7 Å². The Balaban J connectivity index is 2.46. The molecule has 0 bridgehead atoms. The Morgan fingerprint density at radius 3 is 2.64 bits per heavy atom. The summed E-state index contributed by atoms with van der Waals surface area (Å²) in [6, 6.07) is 3.04. The summed E-state index contributed by atoms with van der Waals surface area (Å²) in [5.41, 5.74) is 0.733. The van der Waals surface area contributed by atoms with Crippen LogP contribution in [0, 0.1) is 6.92 Å². The zero-order chi connectivity index (χ0) is 16.5. The Morgan fingerprint density at radius 1 is 1.36 bits per heavy atom. The number of carboxylic acids is 1. The van der Waals surface area contributed by atoms with Gasteiger partial charge in [0.1, 0.15) is 6.04 Å². The first kappa shape index (κ1) is 16.4. The van der Waals surface area contributed by atoms with Gasteiger partial charge in [-0.3, -0.25) is 4.79 Å². The first-order valence-corrected chi connectivity index (χ1v) is 8.16. The van der Waals surface area contributed by atoms with Crippen LogP contribution in [0.3, 0.4) is 0 Å². The molecule has 1 N–H and O–H groups in total. The molecule has 2 rings (SSSR count). The third kappa shape index (κ3) is 2.84. The molecule has 0 amide bonds. The second kappa shape index (κ2) is 6.05. The minimum absolute atomic E-state index is 0.105. The van der Waals surface area contributed by atoms with Crippen molar-refractivity contribution in [3.63, 3.8) is 0 Å². The number of aryl methyl sites for hydroxylation is 1. The SMILES string of the molecule is COC(=O)c1cc(S(=O)(=O)N2CCC[C@@H]2C(=O)O)ccc1C. The van der Waals surface area contributed by atoms with Crippen LogP contribution in [0.5, 0.6) is 0 Å². The standard InChI is InChI=1S/C14H17NO6S/c1-9-5-6-10(8-11(9)14(18)21-2)22(19,20)15-7-3-4-12(15)13(16)17/h5-6,8,12H,3-4,7H2,1-2H3,(H,16,17)/t12-/m1/s1. The van der Waals surface area contributed by atoms with E-state index in [-0.39, 0.29) is 23.4 Å². The van der Waals surface area contributed by atoms with Gasteiger partial charge in [0.15, 0.2) is 0 Å². The predicted molar refractivity (Wildman–Crippen MR) is 77.1 cm³/mol. The van der Waals surface area contributed by atoms with E-state index in [9.17, 15) is 18.0 Å². The molecule has 1 aliphatic heterocycles. The van der Waals surface area contributed by atoms with Crippen LogP contribution in [-0.2, 0) is 19.6 Å². The molecule has 1 fully saturated rings. The summed E-state index contributed by atoms with van der Waals surface area (Å²) in [6.45, 7) is 1.82. The van der Waals surface area contributed by atoms with E-state index in [2.05, 4.69) is 4.74 Å². The molecular weight excluding hydrogens is 310 g/mol. The molecule has 0 spiro atoms. The van der Waals surface area contributed by atoms with Crippen LogP contribution in [-0.4, -0.2) is 49.5 Å². The van der Waals surface area contributed by atoms with Gasteiger partial charge in [-0.25, -0.2) is 13.2 Å². The molecule has 22 heavy (non-hydrogen) atoms. The van der Waals surface area contributed by atoms with Gasteiger partial charge in [0.05, 0.1) is 17.6 Å². The molecule has 0 unspecified atom stereocenters. The van der Waals surface area contributed by atoms with Crippen LogP contribution in [0.1, 0.15) is 28.8 Å². The van der Waals surface area contributed by atoms with Crippen molar-refractivity contribution >= 4 is 22.0 Å². The molecule has 8 heteroatoms. The van der Waals surface area contributed by atoms with E-state index >= 15 is 0 Å². The fraction of sp³-hybridized carbons (Fsp3) is 0.429. The largest absolute Gasteiger partial charge is 0.480 e. The second-order valence-electron chi connectivity index (χ2n) is 5.08. The summed E-state index contributed by atoms with van der Waals surface area (Å²) in [5.74, 6) is -1.80. The van der Waals surface area contributed by atoms with Gasteiger partial charge in [0, 0.05) is 6.54 Å². The number of hydrogen-bond acceptors (Lipinski definition) is 5. The lowest BCUT2D eigenvalue weighted by molar-refractivity contribution is -0.140. The van der Waals surface area contributed by atoms with E-state index in [1.165, 1.54) is 25.3 Å². The van der Waals surface area contributed by atoms with E-state index in [1.54, 1.807) is 6.92 Å². The van der Waals surface area contributed by atoms with Gasteiger partial charge in [-0.05, 0) is 37.5 Å². The topological polar surface area (TPSA) is 101 Å². The number of rotatable bonds is 4. The average Bonchev–Trinajstić information content (AvgIpc) is 2.97. The van der Waals surface area contributed by atoms with Gasteiger partial charge >= 0.3 is 11.9 Å². The zero-order valence-electron chi connectivity index (χ0n) is 12.3. The fourth-order valence-corrected chi connectivity index (χ4v) is 4.18. The molecule has 7 nitrogen and oxygen atoms in total. The molecule has 0 aliphatic carbocycles. The maximum absolute atomic E-state index is 12.6. The number of methoxy groups -OCH3 is 1. The van der Waals surface area contributed by atoms with Crippen molar-refractivity contribution in [1.29, 1.82) is 0 Å². The number of ether oxygens (including phenoxy) is 1. The van der Waals surface area contributed by atoms with Gasteiger partial charge in [-0.2, -0.15) is 4.31 Å². The lowest BCUT2D eigenvalue weighted by Crippen LogP contribution is -2.40. The highest BCUT2D eigenvalue weighted by atomic mass is 32.2. The van der Waals surface area contributed by atoms with E-state index in [0.717, 1.165) is 4.31 Å². The van der Waals surface area contributed by atoms with Crippen LogP contribution in [0.25, 0.3) is 0 Å². The monoisotopic (exact) mass is 327 g/mol. The molecule has 0 aromatic heterocycles. The minimum Gasteiger partial charge on any atom is -0.480 e. The van der Waals surface area contributed by atoms with E-state index in [0.29, 0.717) is 12.0 Å². The Bertz CT molecular complexity index is 712. The van der Waals surface area contributed by atoms with Gasteiger partial charge in [0.25, 0.3) is 0 Å². The Labute approximate surface area is 128 Å². The number of hydrogen-bond donors (Lipinski definition) is 1. The van der Waals surface area contributed by atoms with Crippen LogP contribution >= 0.6 is 0 Å². The van der Waals surface area contributed by atoms with E-state index < -0.39 is 28.0 Å². The molecule has 1 aliphatic rings. The highest BCUT2D eigenvalue weighted by Crippen LogP contribution is 2.27. The Kier molecular flexibility index (Phi) is 4.52. The number of esters is 1. The summed E-state index contributed by atoms with van der Waals surface area (Å²) in [6.07, 6.45) is 0.774. The summed E-state index contributed by atoms with van der Waals surface area (Å²) in [7, 11) is -2.76. The Morgan fingerprint density at radius 2 is 2.05 bits per heavy atom. The molecule has 0 radical (unpaired) electrons. The quantitative estimate of drug-likeness (QED) is 0.829. The lowest BCUT2D eigenvalue weighted by atomic mass is 10.1. The smallest absolute Gasteiger partial charge is 0.338 e. The average molecular weight is 327 g/mol. The summed E-state index contributed by atoms with van der Waals surface area (Å²) >= 11 is 0. The number of carbonyl (C=O) groups excluding carboxylic acids is 1. The summed E-state index contributed by atoms with van der Waals surface area (Å²) in [5, 5.41) is 9.14. The third-order valence-corrected chi connectivity index (χ3v) is 5.61. The third-order valence-electron chi connectivity index (χ3n) is 3.71. The number of benzene rings is 1. The number of sulfonamides is 1. The summed E-state index contributed by atoms with van der Waals surface area (Å²) < 4.78 is 30.9. The summed E-state index contributed by atoms with van der Waals surface area (Å²) in [4.78, 5) is 22.8. The minimum atomic E-state index is -3.97. The number of carbonyl (C=O) groups is 2. The van der Waals surface area contributed by atoms with Crippen molar-refractivity contribution < 1.29 is 27.9 Å². The number of nitrogens with zero attached hydrogens (tertiary/aromatic N) is 1. The fourth-order valence-electron chi connectivity index (χ4n) is 2.50. The molecule has 1 saturated heterocycles. The molecule has 1 atom stereocenters. The zero-order valence-corrected chi connectivity index (χ0v) is 13.1. The van der Waals surface area contributed by atoms with Gasteiger partial charge in [-0.1, -0.05) is 6.07 Å². The van der Waals surface area contributed by atoms with Crippen LogP contribution in [0.2, 0.25) is 0 Å². The van der Waals surface area contributed by atoms with E-state index in [4.69, 9.17) is 5.11 Å². The molecule has 1 aromatic rings. The van der Waals surface area contributed by atoms with E-state index in [1.807, 2.05) is 0 Å². The molecular formula is C14H17NO6S. The number of aliphatic carboxylic acids is 1. The maximum atomic E-state index is 12.6. The van der Waals surface area contributed by atoms with Crippen LogP contribution < -0.4 is 0 Å². The normalized spacial score (nSPS) is 19.1. The molecule has 120 valence electrons. The van der Waals surface area contributed by atoms with Crippen LogP contribution in [0.4, 0.5) is 0 Å². The van der Waals surface area contributed by atoms with Gasteiger partial charge < -0.3 is 9.84 Å².